The molecule has 0 atom stereocenters. The second-order valence-electron chi connectivity index (χ2n) is 6.42. The van der Waals surface area contributed by atoms with Crippen molar-refractivity contribution in [1.82, 2.24) is 9.55 Å². The van der Waals surface area contributed by atoms with Crippen molar-refractivity contribution in [3.63, 3.8) is 0 Å². The third-order valence-corrected chi connectivity index (χ3v) is 6.44. The van der Waals surface area contributed by atoms with Gasteiger partial charge in [-0.2, -0.15) is 0 Å². The van der Waals surface area contributed by atoms with E-state index in [0.717, 1.165) is 15.3 Å². The quantitative estimate of drug-likeness (QED) is 0.476. The van der Waals surface area contributed by atoms with Gasteiger partial charge in [0, 0.05) is 28.8 Å². The minimum atomic E-state index is -1.15. The van der Waals surface area contributed by atoms with Crippen molar-refractivity contribution >= 4 is 38.9 Å². The maximum absolute atomic E-state index is 13.5. The Morgan fingerprint density at radius 1 is 1.34 bits per heavy atom. The highest BCUT2D eigenvalue weighted by molar-refractivity contribution is 7.20. The third kappa shape index (κ3) is 3.64. The lowest BCUT2D eigenvalue weighted by Crippen LogP contribution is -2.26. The van der Waals surface area contributed by atoms with Gasteiger partial charge in [-0.3, -0.25) is 9.36 Å². The van der Waals surface area contributed by atoms with Crippen LogP contribution in [-0.2, 0) is 17.7 Å². The molecule has 0 aliphatic heterocycles. The number of methoxy groups -OCH3 is 1. The minimum Gasteiger partial charge on any atom is -0.475 e. The van der Waals surface area contributed by atoms with Crippen LogP contribution in [0.3, 0.4) is 0 Å². The number of hydrogen-bond donors (Lipinski definition) is 1. The number of fused-ring (bicyclic) bond motifs is 1. The first-order valence-electron chi connectivity index (χ1n) is 8.87. The zero-order chi connectivity index (χ0) is 20.5. The van der Waals surface area contributed by atoms with Crippen LogP contribution >= 0.6 is 22.7 Å². The molecule has 0 aromatic carbocycles. The van der Waals surface area contributed by atoms with Gasteiger partial charge in [-0.05, 0) is 30.5 Å². The van der Waals surface area contributed by atoms with Crippen LogP contribution in [0.15, 0.2) is 38.9 Å². The van der Waals surface area contributed by atoms with Crippen LogP contribution in [0.25, 0.3) is 20.7 Å². The number of carboxylic acid groups (broad SMARTS) is 1. The molecule has 0 saturated heterocycles. The Morgan fingerprint density at radius 3 is 2.83 bits per heavy atom. The van der Waals surface area contributed by atoms with Gasteiger partial charge in [0.2, 0.25) is 5.76 Å². The van der Waals surface area contributed by atoms with Crippen molar-refractivity contribution in [3.8, 4) is 10.4 Å². The molecular formula is C20H18N2O5S2. The number of carbonyl (C=O) groups is 1. The van der Waals surface area contributed by atoms with Gasteiger partial charge in [0.15, 0.2) is 0 Å². The largest absolute Gasteiger partial charge is 0.475 e. The molecule has 29 heavy (non-hydrogen) atoms. The van der Waals surface area contributed by atoms with E-state index in [1.807, 2.05) is 24.4 Å². The van der Waals surface area contributed by atoms with Crippen LogP contribution in [0, 0.1) is 6.92 Å². The molecule has 0 unspecified atom stereocenters. The van der Waals surface area contributed by atoms with Gasteiger partial charge in [-0.15, -0.1) is 22.7 Å². The van der Waals surface area contributed by atoms with Gasteiger partial charge in [-0.1, -0.05) is 6.07 Å². The summed E-state index contributed by atoms with van der Waals surface area (Å²) < 4.78 is 12.1. The normalized spacial score (nSPS) is 11.4. The van der Waals surface area contributed by atoms with Crippen molar-refractivity contribution in [1.29, 1.82) is 0 Å². The third-order valence-electron chi connectivity index (χ3n) is 4.55. The van der Waals surface area contributed by atoms with E-state index in [0.29, 0.717) is 34.8 Å². The van der Waals surface area contributed by atoms with Crippen molar-refractivity contribution < 1.29 is 19.1 Å². The van der Waals surface area contributed by atoms with Crippen molar-refractivity contribution in [2.75, 3.05) is 13.7 Å². The average molecular weight is 431 g/mol. The summed E-state index contributed by atoms with van der Waals surface area (Å²) in [5, 5.41) is 11.7. The minimum absolute atomic E-state index is 0.104. The van der Waals surface area contributed by atoms with E-state index in [2.05, 4.69) is 0 Å². The van der Waals surface area contributed by atoms with Gasteiger partial charge >= 0.3 is 5.97 Å². The predicted molar refractivity (Wildman–Crippen MR) is 112 cm³/mol. The van der Waals surface area contributed by atoms with Crippen LogP contribution in [0.5, 0.6) is 0 Å². The second kappa shape index (κ2) is 7.94. The standard InChI is InChI=1S/C20H18N2O5S2/c1-11-16(14-4-3-9-28-14)17-18(29-11)21-15(7-8-26-2)22(19(17)23)10-12-5-6-13(27-12)20(24)25/h3-6,9H,7-8,10H2,1-2H3,(H,24,25). The number of rotatable bonds is 7. The lowest BCUT2D eigenvalue weighted by Gasteiger charge is -2.11. The summed E-state index contributed by atoms with van der Waals surface area (Å²) in [6.07, 6.45) is 0.458. The van der Waals surface area contributed by atoms with Gasteiger partial charge < -0.3 is 14.3 Å². The Labute approximate surface area is 173 Å². The fraction of sp³-hybridized carbons (Fsp3) is 0.250. The molecular weight excluding hydrogens is 412 g/mol. The van der Waals surface area contributed by atoms with E-state index < -0.39 is 5.97 Å². The van der Waals surface area contributed by atoms with Gasteiger partial charge in [0.1, 0.15) is 16.4 Å². The molecule has 0 aliphatic carbocycles. The zero-order valence-corrected chi connectivity index (χ0v) is 17.4. The Morgan fingerprint density at radius 2 is 2.17 bits per heavy atom. The molecule has 0 saturated carbocycles. The number of aromatic carboxylic acids is 1. The molecule has 4 aromatic rings. The van der Waals surface area contributed by atoms with Crippen molar-refractivity contribution in [3.05, 3.63) is 62.2 Å². The number of carboxylic acids is 1. The molecule has 4 heterocycles. The van der Waals surface area contributed by atoms with Crippen molar-refractivity contribution in [2.24, 2.45) is 0 Å². The van der Waals surface area contributed by atoms with Gasteiger partial charge in [0.25, 0.3) is 5.56 Å². The average Bonchev–Trinajstić information content (AvgIpc) is 3.42. The Hall–Kier alpha value is -2.75. The molecule has 0 fully saturated rings. The fourth-order valence-corrected chi connectivity index (χ4v) is 5.18. The predicted octanol–water partition coefficient (Wildman–Crippen LogP) is 4.02. The second-order valence-corrected chi connectivity index (χ2v) is 8.57. The summed E-state index contributed by atoms with van der Waals surface area (Å²) in [5.74, 6) is -0.345. The first kappa shape index (κ1) is 19.6. The maximum atomic E-state index is 13.5. The monoisotopic (exact) mass is 430 g/mol. The maximum Gasteiger partial charge on any atom is 0.371 e. The highest BCUT2D eigenvalue weighted by Crippen LogP contribution is 2.38. The Balaban J connectivity index is 1.89. The van der Waals surface area contributed by atoms with Crippen LogP contribution < -0.4 is 5.56 Å². The summed E-state index contributed by atoms with van der Waals surface area (Å²) >= 11 is 3.08. The summed E-state index contributed by atoms with van der Waals surface area (Å²) in [6.45, 7) is 2.51. The van der Waals surface area contributed by atoms with Gasteiger partial charge in [-0.25, -0.2) is 9.78 Å². The number of aromatic nitrogens is 2. The smallest absolute Gasteiger partial charge is 0.371 e. The van der Waals surface area contributed by atoms with Crippen LogP contribution in [0.1, 0.15) is 27.0 Å². The summed E-state index contributed by atoms with van der Waals surface area (Å²) in [4.78, 5) is 32.1. The number of furan rings is 1. The van der Waals surface area contributed by atoms with E-state index >= 15 is 0 Å². The topological polar surface area (TPSA) is 94.6 Å². The molecule has 0 radical (unpaired) electrons. The summed E-state index contributed by atoms with van der Waals surface area (Å²) in [7, 11) is 1.59. The van der Waals surface area contributed by atoms with E-state index in [1.165, 1.54) is 17.4 Å². The van der Waals surface area contributed by atoms with Crippen LogP contribution in [0.2, 0.25) is 0 Å². The van der Waals surface area contributed by atoms with Gasteiger partial charge in [0.05, 0.1) is 18.5 Å². The molecule has 0 aliphatic rings. The lowest BCUT2D eigenvalue weighted by molar-refractivity contribution is 0.0660. The summed E-state index contributed by atoms with van der Waals surface area (Å²) in [6, 6.07) is 6.90. The number of nitrogens with zero attached hydrogens (tertiary/aromatic N) is 2. The molecule has 0 bridgehead atoms. The summed E-state index contributed by atoms with van der Waals surface area (Å²) in [5.41, 5.74) is 0.748. The molecule has 0 amide bonds. The molecule has 7 nitrogen and oxygen atoms in total. The Bertz CT molecular complexity index is 1230. The van der Waals surface area contributed by atoms with Crippen LogP contribution in [-0.4, -0.2) is 34.3 Å². The highest BCUT2D eigenvalue weighted by atomic mass is 32.1. The lowest BCUT2D eigenvalue weighted by atomic mass is 10.1. The first-order valence-corrected chi connectivity index (χ1v) is 10.6. The molecule has 1 N–H and O–H groups in total. The molecule has 4 aromatic heterocycles. The number of aryl methyl sites for hydroxylation is 1. The van der Waals surface area contributed by atoms with E-state index in [1.54, 1.807) is 29.1 Å². The number of thiophene rings is 2. The van der Waals surface area contributed by atoms with E-state index in [-0.39, 0.29) is 17.9 Å². The van der Waals surface area contributed by atoms with Crippen LogP contribution in [0.4, 0.5) is 0 Å². The fourth-order valence-electron chi connectivity index (χ4n) is 3.24. The molecule has 9 heteroatoms. The Kier molecular flexibility index (Phi) is 5.35. The molecule has 0 spiro atoms. The highest BCUT2D eigenvalue weighted by Gasteiger charge is 2.21. The molecule has 150 valence electrons. The SMILES string of the molecule is COCCc1nc2sc(C)c(-c3cccs3)c2c(=O)n1Cc1ccc(C(=O)O)o1. The number of ether oxygens (including phenoxy) is 1. The van der Waals surface area contributed by atoms with E-state index in [4.69, 9.17) is 19.2 Å². The van der Waals surface area contributed by atoms with Crippen molar-refractivity contribution in [2.45, 2.75) is 19.9 Å². The first-order chi connectivity index (χ1) is 14.0. The van der Waals surface area contributed by atoms with E-state index in [9.17, 15) is 9.59 Å². The molecule has 4 rings (SSSR count). The number of hydrogen-bond acceptors (Lipinski definition) is 7. The zero-order valence-electron chi connectivity index (χ0n) is 15.8.